The SMILES string of the molecule is Cc1cc(C(=O)CCCl)cc(C(F)(F)F)c1. The summed E-state index contributed by atoms with van der Waals surface area (Å²) in [6, 6.07) is 3.31. The van der Waals surface area contributed by atoms with Crippen molar-refractivity contribution in [1.82, 2.24) is 0 Å². The summed E-state index contributed by atoms with van der Waals surface area (Å²) in [5.41, 5.74) is -0.328. The highest BCUT2D eigenvalue weighted by Crippen LogP contribution is 2.30. The minimum absolute atomic E-state index is 0.0440. The van der Waals surface area contributed by atoms with Gasteiger partial charge < -0.3 is 0 Å². The first-order chi connectivity index (χ1) is 7.34. The van der Waals surface area contributed by atoms with Crippen LogP contribution in [-0.2, 0) is 6.18 Å². The third-order valence-electron chi connectivity index (χ3n) is 2.05. The Hall–Kier alpha value is -1.03. The van der Waals surface area contributed by atoms with E-state index < -0.39 is 11.7 Å². The number of carbonyl (C=O) groups excluding carboxylic acids is 1. The minimum Gasteiger partial charge on any atom is -0.294 e. The molecule has 0 N–H and O–H groups in total. The fourth-order valence-corrected chi connectivity index (χ4v) is 1.51. The lowest BCUT2D eigenvalue weighted by Gasteiger charge is -2.09. The molecule has 0 aliphatic carbocycles. The van der Waals surface area contributed by atoms with Crippen molar-refractivity contribution in [3.63, 3.8) is 0 Å². The van der Waals surface area contributed by atoms with Crippen molar-refractivity contribution >= 4 is 17.4 Å². The van der Waals surface area contributed by atoms with Gasteiger partial charge in [-0.1, -0.05) is 0 Å². The smallest absolute Gasteiger partial charge is 0.294 e. The average Bonchev–Trinajstić information content (AvgIpc) is 2.16. The van der Waals surface area contributed by atoms with Gasteiger partial charge in [-0.2, -0.15) is 13.2 Å². The van der Waals surface area contributed by atoms with E-state index in [9.17, 15) is 18.0 Å². The Balaban J connectivity index is 3.13. The van der Waals surface area contributed by atoms with Gasteiger partial charge >= 0.3 is 6.18 Å². The molecule has 0 heterocycles. The van der Waals surface area contributed by atoms with E-state index in [1.54, 1.807) is 0 Å². The lowest BCUT2D eigenvalue weighted by Crippen LogP contribution is -2.08. The Morgan fingerprint density at radius 2 is 1.94 bits per heavy atom. The second kappa shape index (κ2) is 4.87. The van der Waals surface area contributed by atoms with Gasteiger partial charge in [0.05, 0.1) is 5.56 Å². The lowest BCUT2D eigenvalue weighted by molar-refractivity contribution is -0.137. The van der Waals surface area contributed by atoms with Crippen LogP contribution in [0.1, 0.15) is 27.9 Å². The van der Waals surface area contributed by atoms with Crippen LogP contribution < -0.4 is 0 Å². The summed E-state index contributed by atoms with van der Waals surface area (Å²) in [6.07, 6.45) is -4.38. The number of ketones is 1. The molecule has 0 unspecified atom stereocenters. The summed E-state index contributed by atoms with van der Waals surface area (Å²) in [7, 11) is 0. The summed E-state index contributed by atoms with van der Waals surface area (Å²) in [5.74, 6) is -0.266. The van der Waals surface area contributed by atoms with Crippen LogP contribution in [0.2, 0.25) is 0 Å². The molecule has 1 aromatic rings. The molecule has 0 amide bonds. The number of benzene rings is 1. The van der Waals surface area contributed by atoms with Crippen molar-refractivity contribution in [2.45, 2.75) is 19.5 Å². The van der Waals surface area contributed by atoms with Crippen LogP contribution in [-0.4, -0.2) is 11.7 Å². The monoisotopic (exact) mass is 250 g/mol. The number of hydrogen-bond acceptors (Lipinski definition) is 1. The van der Waals surface area contributed by atoms with Crippen LogP contribution in [0.4, 0.5) is 13.2 Å². The summed E-state index contributed by atoms with van der Waals surface area (Å²) < 4.78 is 37.4. The van der Waals surface area contributed by atoms with Gasteiger partial charge in [-0.05, 0) is 30.7 Å². The molecule has 0 saturated carbocycles. The maximum Gasteiger partial charge on any atom is 0.416 e. The third kappa shape index (κ3) is 3.23. The molecule has 0 fully saturated rings. The lowest BCUT2D eigenvalue weighted by atomic mass is 10.0. The number of rotatable bonds is 3. The van der Waals surface area contributed by atoms with E-state index in [4.69, 9.17) is 11.6 Å². The van der Waals surface area contributed by atoms with Crippen LogP contribution in [0, 0.1) is 6.92 Å². The average molecular weight is 251 g/mol. The van der Waals surface area contributed by atoms with Crippen molar-refractivity contribution in [1.29, 1.82) is 0 Å². The Morgan fingerprint density at radius 1 is 1.31 bits per heavy atom. The van der Waals surface area contributed by atoms with E-state index in [-0.39, 0.29) is 23.6 Å². The molecule has 16 heavy (non-hydrogen) atoms. The molecule has 1 nitrogen and oxygen atoms in total. The van der Waals surface area contributed by atoms with Crippen LogP contribution in [0.3, 0.4) is 0 Å². The van der Waals surface area contributed by atoms with Crippen LogP contribution >= 0.6 is 11.6 Å². The molecule has 0 radical (unpaired) electrons. The first-order valence-corrected chi connectivity index (χ1v) is 5.16. The van der Waals surface area contributed by atoms with E-state index in [0.29, 0.717) is 5.56 Å². The molecule has 0 bridgehead atoms. The standard InChI is InChI=1S/C11H10ClF3O/c1-7-4-8(10(16)2-3-12)6-9(5-7)11(13,14)15/h4-6H,2-3H2,1H3. The number of halogens is 4. The predicted octanol–water partition coefficient (Wildman–Crippen LogP) is 3.83. The van der Waals surface area contributed by atoms with Gasteiger partial charge in [0.1, 0.15) is 0 Å². The first kappa shape index (κ1) is 13.0. The Morgan fingerprint density at radius 3 is 2.44 bits per heavy atom. The van der Waals surface area contributed by atoms with Crippen LogP contribution in [0.25, 0.3) is 0 Å². The summed E-state index contributed by atoms with van der Waals surface area (Å²) in [5, 5.41) is 0. The van der Waals surface area contributed by atoms with Gasteiger partial charge in [0.2, 0.25) is 0 Å². The zero-order valence-corrected chi connectivity index (χ0v) is 9.32. The van der Waals surface area contributed by atoms with Gasteiger partial charge in [0.25, 0.3) is 0 Å². The van der Waals surface area contributed by atoms with Crippen molar-refractivity contribution in [3.8, 4) is 0 Å². The van der Waals surface area contributed by atoms with E-state index in [1.165, 1.54) is 13.0 Å². The van der Waals surface area contributed by atoms with E-state index in [2.05, 4.69) is 0 Å². The van der Waals surface area contributed by atoms with Crippen molar-refractivity contribution < 1.29 is 18.0 Å². The van der Waals surface area contributed by atoms with Gasteiger partial charge in [0, 0.05) is 17.9 Å². The summed E-state index contributed by atoms with van der Waals surface area (Å²) >= 11 is 5.37. The Labute approximate surface area is 96.2 Å². The number of carbonyl (C=O) groups is 1. The number of alkyl halides is 4. The number of aryl methyl sites for hydroxylation is 1. The highest BCUT2D eigenvalue weighted by Gasteiger charge is 2.31. The summed E-state index contributed by atoms with van der Waals surface area (Å²) in [4.78, 5) is 11.4. The fourth-order valence-electron chi connectivity index (χ4n) is 1.34. The fraction of sp³-hybridized carbons (Fsp3) is 0.364. The molecule has 0 atom stereocenters. The Bertz CT molecular complexity index is 399. The maximum atomic E-state index is 12.5. The second-order valence-corrected chi connectivity index (χ2v) is 3.83. The first-order valence-electron chi connectivity index (χ1n) is 4.62. The highest BCUT2D eigenvalue weighted by molar-refractivity contribution is 6.19. The molecule has 1 aromatic carbocycles. The van der Waals surface area contributed by atoms with E-state index >= 15 is 0 Å². The molecule has 1 rings (SSSR count). The molecule has 0 spiro atoms. The Kier molecular flexibility index (Phi) is 3.97. The molecule has 0 aromatic heterocycles. The number of Topliss-reactive ketones (excluding diaryl/α,β-unsaturated/α-hetero) is 1. The topological polar surface area (TPSA) is 17.1 Å². The molecular weight excluding hydrogens is 241 g/mol. The number of hydrogen-bond donors (Lipinski definition) is 0. The van der Waals surface area contributed by atoms with E-state index in [0.717, 1.165) is 12.1 Å². The van der Waals surface area contributed by atoms with Gasteiger partial charge in [0.15, 0.2) is 5.78 Å². The normalized spacial score (nSPS) is 11.6. The molecule has 0 saturated heterocycles. The minimum atomic E-state index is -4.43. The zero-order valence-electron chi connectivity index (χ0n) is 8.57. The molecule has 5 heteroatoms. The van der Waals surface area contributed by atoms with Gasteiger partial charge in [-0.3, -0.25) is 4.79 Å². The molecule has 0 aliphatic heterocycles. The van der Waals surface area contributed by atoms with E-state index in [1.807, 2.05) is 0 Å². The predicted molar refractivity (Wildman–Crippen MR) is 55.8 cm³/mol. The highest BCUT2D eigenvalue weighted by atomic mass is 35.5. The van der Waals surface area contributed by atoms with Crippen molar-refractivity contribution in [2.75, 3.05) is 5.88 Å². The van der Waals surface area contributed by atoms with Crippen LogP contribution in [0.15, 0.2) is 18.2 Å². The molecule has 88 valence electrons. The van der Waals surface area contributed by atoms with Crippen molar-refractivity contribution in [2.24, 2.45) is 0 Å². The maximum absolute atomic E-state index is 12.5. The summed E-state index contributed by atoms with van der Waals surface area (Å²) in [6.45, 7) is 1.52. The molecular formula is C11H10ClF3O. The molecule has 0 aliphatic rings. The zero-order chi connectivity index (χ0) is 12.3. The third-order valence-corrected chi connectivity index (χ3v) is 2.24. The van der Waals surface area contributed by atoms with Gasteiger partial charge in [-0.25, -0.2) is 0 Å². The quantitative estimate of drug-likeness (QED) is 0.589. The van der Waals surface area contributed by atoms with Crippen LogP contribution in [0.5, 0.6) is 0 Å². The largest absolute Gasteiger partial charge is 0.416 e. The van der Waals surface area contributed by atoms with Crippen molar-refractivity contribution in [3.05, 3.63) is 34.9 Å². The van der Waals surface area contributed by atoms with Gasteiger partial charge in [-0.15, -0.1) is 11.6 Å². The second-order valence-electron chi connectivity index (χ2n) is 3.45.